The molecule has 0 bridgehead atoms. The Labute approximate surface area is 91.5 Å². The monoisotopic (exact) mass is 205 g/mol. The van der Waals surface area contributed by atoms with E-state index in [0.29, 0.717) is 12.5 Å². The lowest BCUT2D eigenvalue weighted by Gasteiger charge is -2.15. The van der Waals surface area contributed by atoms with Crippen LogP contribution in [0, 0.1) is 0 Å². The number of hydrogen-bond acceptors (Lipinski definition) is 2. The van der Waals surface area contributed by atoms with Crippen LogP contribution in [0.2, 0.25) is 0 Å². The van der Waals surface area contributed by atoms with E-state index < -0.39 is 0 Å². The van der Waals surface area contributed by atoms with Gasteiger partial charge in [-0.15, -0.1) is 0 Å². The summed E-state index contributed by atoms with van der Waals surface area (Å²) in [6.07, 6.45) is 2.16. The van der Waals surface area contributed by atoms with Crippen molar-refractivity contribution in [3.63, 3.8) is 0 Å². The molecule has 2 rings (SSSR count). The number of aliphatic hydroxyl groups excluding tert-OH is 1. The Bertz CT molecular complexity index is 286. The van der Waals surface area contributed by atoms with E-state index in [4.69, 9.17) is 5.11 Å². The molecule has 1 heterocycles. The molecule has 1 saturated heterocycles. The van der Waals surface area contributed by atoms with Crippen LogP contribution in [-0.4, -0.2) is 36.2 Å². The third-order valence-corrected chi connectivity index (χ3v) is 3.18. The summed E-state index contributed by atoms with van der Waals surface area (Å²) in [5.41, 5.74) is 1.46. The minimum absolute atomic E-state index is 0.312. The maximum absolute atomic E-state index is 8.78. The fourth-order valence-electron chi connectivity index (χ4n) is 2.33. The van der Waals surface area contributed by atoms with Crippen LogP contribution in [0.5, 0.6) is 0 Å². The molecule has 2 heteroatoms. The summed E-state index contributed by atoms with van der Waals surface area (Å²) in [4.78, 5) is 2.45. The average Bonchev–Trinajstić information content (AvgIpc) is 2.76. The lowest BCUT2D eigenvalue weighted by Crippen LogP contribution is -2.22. The van der Waals surface area contributed by atoms with Crippen molar-refractivity contribution in [2.24, 2.45) is 0 Å². The van der Waals surface area contributed by atoms with Crippen LogP contribution < -0.4 is 0 Å². The first-order chi connectivity index (χ1) is 7.40. The highest BCUT2D eigenvalue weighted by molar-refractivity contribution is 5.20. The van der Waals surface area contributed by atoms with E-state index in [2.05, 4.69) is 35.2 Å². The Kier molecular flexibility index (Phi) is 3.75. The summed E-state index contributed by atoms with van der Waals surface area (Å²) < 4.78 is 0. The third-order valence-electron chi connectivity index (χ3n) is 3.18. The molecule has 15 heavy (non-hydrogen) atoms. The minimum atomic E-state index is 0.312. The molecule has 1 aromatic carbocycles. The molecule has 1 N–H and O–H groups in total. The molecule has 2 nitrogen and oxygen atoms in total. The maximum Gasteiger partial charge on any atom is 0.0443 e. The number of nitrogens with zero attached hydrogens (tertiary/aromatic N) is 1. The molecular weight excluding hydrogens is 186 g/mol. The number of likely N-dealkylation sites (tertiary alicyclic amines) is 1. The minimum Gasteiger partial charge on any atom is -0.396 e. The molecular formula is C13H19NO. The second-order valence-electron chi connectivity index (χ2n) is 4.27. The molecule has 0 amide bonds. The predicted molar refractivity (Wildman–Crippen MR) is 61.9 cm³/mol. The van der Waals surface area contributed by atoms with Crippen LogP contribution >= 0.6 is 0 Å². The van der Waals surface area contributed by atoms with E-state index in [1.54, 1.807) is 0 Å². The lowest BCUT2D eigenvalue weighted by atomic mass is 9.99. The van der Waals surface area contributed by atoms with Crippen LogP contribution in [0.1, 0.15) is 24.3 Å². The van der Waals surface area contributed by atoms with Crippen molar-refractivity contribution in [3.8, 4) is 0 Å². The Balaban J connectivity index is 1.87. The summed E-state index contributed by atoms with van der Waals surface area (Å²) in [5, 5.41) is 8.78. The SMILES string of the molecule is OCCCN1CCC(c2ccccc2)C1. The Morgan fingerprint density at radius 1 is 1.27 bits per heavy atom. The zero-order chi connectivity index (χ0) is 10.5. The molecule has 1 aromatic rings. The highest BCUT2D eigenvalue weighted by Crippen LogP contribution is 2.26. The van der Waals surface area contributed by atoms with Crippen molar-refractivity contribution in [2.75, 3.05) is 26.2 Å². The van der Waals surface area contributed by atoms with E-state index in [1.807, 2.05) is 0 Å². The second kappa shape index (κ2) is 5.29. The van der Waals surface area contributed by atoms with Crippen LogP contribution in [0.3, 0.4) is 0 Å². The zero-order valence-corrected chi connectivity index (χ0v) is 9.10. The van der Waals surface area contributed by atoms with Gasteiger partial charge in [0.15, 0.2) is 0 Å². The molecule has 0 radical (unpaired) electrons. The molecule has 1 unspecified atom stereocenters. The van der Waals surface area contributed by atoms with Gasteiger partial charge in [-0.1, -0.05) is 30.3 Å². The van der Waals surface area contributed by atoms with Gasteiger partial charge in [-0.25, -0.2) is 0 Å². The summed E-state index contributed by atoms with van der Waals surface area (Å²) in [6.45, 7) is 3.69. The van der Waals surface area contributed by atoms with Gasteiger partial charge in [0.1, 0.15) is 0 Å². The first kappa shape index (κ1) is 10.7. The van der Waals surface area contributed by atoms with Crippen LogP contribution in [0.25, 0.3) is 0 Å². The van der Waals surface area contributed by atoms with Crippen molar-refractivity contribution in [2.45, 2.75) is 18.8 Å². The summed E-state index contributed by atoms with van der Waals surface area (Å²) in [6, 6.07) is 10.7. The van der Waals surface area contributed by atoms with Crippen LogP contribution in [-0.2, 0) is 0 Å². The Hall–Kier alpha value is -0.860. The van der Waals surface area contributed by atoms with Crippen molar-refractivity contribution < 1.29 is 5.11 Å². The molecule has 1 atom stereocenters. The summed E-state index contributed by atoms with van der Waals surface area (Å²) in [7, 11) is 0. The normalized spacial score (nSPS) is 22.1. The molecule has 1 aliphatic heterocycles. The van der Waals surface area contributed by atoms with E-state index >= 15 is 0 Å². The van der Waals surface area contributed by atoms with Crippen LogP contribution in [0.15, 0.2) is 30.3 Å². The van der Waals surface area contributed by atoms with Gasteiger partial charge >= 0.3 is 0 Å². The standard InChI is InChI=1S/C13H19NO/c15-10-4-8-14-9-7-13(11-14)12-5-2-1-3-6-12/h1-3,5-6,13,15H,4,7-11H2. The highest BCUT2D eigenvalue weighted by Gasteiger charge is 2.22. The number of rotatable bonds is 4. The molecule has 1 aliphatic rings. The van der Waals surface area contributed by atoms with Crippen molar-refractivity contribution in [1.29, 1.82) is 0 Å². The quantitative estimate of drug-likeness (QED) is 0.811. The summed E-state index contributed by atoms with van der Waals surface area (Å²) >= 11 is 0. The third kappa shape index (κ3) is 2.80. The fourth-order valence-corrected chi connectivity index (χ4v) is 2.33. The van der Waals surface area contributed by atoms with Gasteiger partial charge < -0.3 is 10.0 Å². The van der Waals surface area contributed by atoms with Crippen molar-refractivity contribution in [3.05, 3.63) is 35.9 Å². The first-order valence-corrected chi connectivity index (χ1v) is 5.78. The average molecular weight is 205 g/mol. The maximum atomic E-state index is 8.78. The van der Waals surface area contributed by atoms with Gasteiger partial charge in [0.05, 0.1) is 0 Å². The van der Waals surface area contributed by atoms with Gasteiger partial charge in [-0.05, 0) is 30.9 Å². The van der Waals surface area contributed by atoms with Crippen LogP contribution in [0.4, 0.5) is 0 Å². The zero-order valence-electron chi connectivity index (χ0n) is 9.10. The number of hydrogen-bond donors (Lipinski definition) is 1. The van der Waals surface area contributed by atoms with E-state index in [1.165, 1.54) is 18.5 Å². The highest BCUT2D eigenvalue weighted by atomic mass is 16.3. The molecule has 0 aliphatic carbocycles. The topological polar surface area (TPSA) is 23.5 Å². The first-order valence-electron chi connectivity index (χ1n) is 5.78. The summed E-state index contributed by atoms with van der Waals surface area (Å²) in [5.74, 6) is 0.699. The van der Waals surface area contributed by atoms with Gasteiger partial charge in [-0.3, -0.25) is 0 Å². The number of benzene rings is 1. The largest absolute Gasteiger partial charge is 0.396 e. The smallest absolute Gasteiger partial charge is 0.0443 e. The predicted octanol–water partition coefficient (Wildman–Crippen LogP) is 1.86. The molecule has 0 saturated carbocycles. The van der Waals surface area contributed by atoms with Crippen molar-refractivity contribution >= 4 is 0 Å². The van der Waals surface area contributed by atoms with Gasteiger partial charge in [0.2, 0.25) is 0 Å². The molecule has 1 fully saturated rings. The van der Waals surface area contributed by atoms with Gasteiger partial charge in [0, 0.05) is 19.7 Å². The van der Waals surface area contributed by atoms with Gasteiger partial charge in [0.25, 0.3) is 0 Å². The fraction of sp³-hybridized carbons (Fsp3) is 0.538. The second-order valence-corrected chi connectivity index (χ2v) is 4.27. The van der Waals surface area contributed by atoms with E-state index in [9.17, 15) is 0 Å². The Morgan fingerprint density at radius 3 is 2.80 bits per heavy atom. The van der Waals surface area contributed by atoms with E-state index in [0.717, 1.165) is 19.5 Å². The molecule has 0 spiro atoms. The lowest BCUT2D eigenvalue weighted by molar-refractivity contribution is 0.246. The number of aliphatic hydroxyl groups is 1. The van der Waals surface area contributed by atoms with Gasteiger partial charge in [-0.2, -0.15) is 0 Å². The molecule has 0 aromatic heterocycles. The van der Waals surface area contributed by atoms with E-state index in [-0.39, 0.29) is 0 Å². The Morgan fingerprint density at radius 2 is 2.07 bits per heavy atom. The van der Waals surface area contributed by atoms with Crippen molar-refractivity contribution in [1.82, 2.24) is 4.90 Å². The molecule has 82 valence electrons.